The van der Waals surface area contributed by atoms with Crippen molar-refractivity contribution in [1.82, 2.24) is 0 Å². The Morgan fingerprint density at radius 3 is 0.904 bits per heavy atom. The van der Waals surface area contributed by atoms with Crippen molar-refractivity contribution in [2.24, 2.45) is 0 Å². The molecule has 0 heterocycles. The van der Waals surface area contributed by atoms with Crippen molar-refractivity contribution in [3.8, 4) is 0 Å². The number of allylic oxidation sites excluding steroid dienone is 20. The Morgan fingerprint density at radius 1 is 0.288 bits per heavy atom. The molecule has 1 unspecified atom stereocenters. The fraction of sp³-hybridized carbons (Fsp3) is 0.657. The maximum atomic E-state index is 12.8. The molecule has 0 aliphatic rings. The predicted molar refractivity (Wildman–Crippen MR) is 316 cm³/mol. The summed E-state index contributed by atoms with van der Waals surface area (Å²) < 4.78 is 16.8. The highest BCUT2D eigenvalue weighted by Crippen LogP contribution is 2.14. The van der Waals surface area contributed by atoms with E-state index in [1.165, 1.54) is 70.6 Å². The maximum Gasteiger partial charge on any atom is 0.306 e. The molecular formula is C67H110O6. The van der Waals surface area contributed by atoms with E-state index in [1.807, 2.05) is 0 Å². The molecule has 0 aromatic carbocycles. The second-order valence-electron chi connectivity index (χ2n) is 19.5. The Kier molecular flexibility index (Phi) is 56.9. The van der Waals surface area contributed by atoms with Gasteiger partial charge < -0.3 is 14.2 Å². The minimum absolute atomic E-state index is 0.0938. The summed E-state index contributed by atoms with van der Waals surface area (Å²) in [5, 5.41) is 0. The van der Waals surface area contributed by atoms with Crippen molar-refractivity contribution in [1.29, 1.82) is 0 Å². The van der Waals surface area contributed by atoms with Crippen LogP contribution in [0, 0.1) is 0 Å². The zero-order chi connectivity index (χ0) is 52.9. The second kappa shape index (κ2) is 60.4. The molecule has 0 aromatic heterocycles. The van der Waals surface area contributed by atoms with Gasteiger partial charge in [-0.3, -0.25) is 14.4 Å². The molecule has 6 nitrogen and oxygen atoms in total. The number of hydrogen-bond donors (Lipinski definition) is 0. The third-order valence-electron chi connectivity index (χ3n) is 12.4. The molecule has 0 amide bonds. The minimum atomic E-state index is -0.796. The van der Waals surface area contributed by atoms with E-state index in [0.29, 0.717) is 19.3 Å². The van der Waals surface area contributed by atoms with E-state index >= 15 is 0 Å². The Bertz CT molecular complexity index is 1540. The highest BCUT2D eigenvalue weighted by atomic mass is 16.6. The van der Waals surface area contributed by atoms with E-state index in [4.69, 9.17) is 14.2 Å². The van der Waals surface area contributed by atoms with Crippen LogP contribution < -0.4 is 0 Å². The van der Waals surface area contributed by atoms with Crippen LogP contribution in [0.15, 0.2) is 122 Å². The average molecular weight is 1010 g/mol. The van der Waals surface area contributed by atoms with Crippen LogP contribution in [0.1, 0.15) is 265 Å². The van der Waals surface area contributed by atoms with Gasteiger partial charge in [0.2, 0.25) is 0 Å². The molecule has 0 bridgehead atoms. The van der Waals surface area contributed by atoms with Gasteiger partial charge in [-0.2, -0.15) is 0 Å². The van der Waals surface area contributed by atoms with E-state index in [0.717, 1.165) is 154 Å². The molecule has 0 aromatic rings. The lowest BCUT2D eigenvalue weighted by molar-refractivity contribution is -0.167. The largest absolute Gasteiger partial charge is 0.462 e. The number of rotatable bonds is 53. The number of carbonyl (C=O) groups is 3. The third kappa shape index (κ3) is 58.6. The van der Waals surface area contributed by atoms with Crippen molar-refractivity contribution >= 4 is 17.9 Å². The summed E-state index contributed by atoms with van der Waals surface area (Å²) in [6.45, 7) is 6.42. The van der Waals surface area contributed by atoms with E-state index in [9.17, 15) is 14.4 Å². The second-order valence-corrected chi connectivity index (χ2v) is 19.5. The van der Waals surface area contributed by atoms with Crippen molar-refractivity contribution < 1.29 is 28.6 Å². The van der Waals surface area contributed by atoms with E-state index in [-0.39, 0.29) is 31.1 Å². The van der Waals surface area contributed by atoms with Crippen molar-refractivity contribution in [2.75, 3.05) is 13.2 Å². The van der Waals surface area contributed by atoms with Crippen LogP contribution in [0.3, 0.4) is 0 Å². The summed E-state index contributed by atoms with van der Waals surface area (Å²) in [4.78, 5) is 38.1. The first-order valence-corrected chi connectivity index (χ1v) is 30.0. The molecule has 0 aliphatic carbocycles. The summed E-state index contributed by atoms with van der Waals surface area (Å²) in [6.07, 6.45) is 83.4. The van der Waals surface area contributed by atoms with Crippen molar-refractivity contribution in [2.45, 2.75) is 271 Å². The molecule has 73 heavy (non-hydrogen) atoms. The van der Waals surface area contributed by atoms with Crippen LogP contribution >= 0.6 is 0 Å². The Hall–Kier alpha value is -4.19. The normalized spacial score (nSPS) is 13.0. The van der Waals surface area contributed by atoms with Crippen LogP contribution in [-0.4, -0.2) is 37.2 Å². The monoisotopic (exact) mass is 1010 g/mol. The molecule has 0 aliphatic heterocycles. The van der Waals surface area contributed by atoms with Gasteiger partial charge in [0.15, 0.2) is 6.10 Å². The number of unbranched alkanes of at least 4 members (excludes halogenated alkanes) is 22. The first-order chi connectivity index (χ1) is 36.0. The van der Waals surface area contributed by atoms with E-state index in [1.54, 1.807) is 0 Å². The number of ether oxygens (including phenoxy) is 3. The molecule has 414 valence electrons. The van der Waals surface area contributed by atoms with Crippen LogP contribution in [0.4, 0.5) is 0 Å². The summed E-state index contributed by atoms with van der Waals surface area (Å²) in [6, 6.07) is 0. The molecule has 0 radical (unpaired) electrons. The van der Waals surface area contributed by atoms with E-state index in [2.05, 4.69) is 142 Å². The van der Waals surface area contributed by atoms with Crippen LogP contribution in [0.25, 0.3) is 0 Å². The molecule has 0 saturated carbocycles. The lowest BCUT2D eigenvalue weighted by atomic mass is 10.1. The molecule has 0 fully saturated rings. The van der Waals surface area contributed by atoms with Gasteiger partial charge in [-0.05, 0) is 128 Å². The first kappa shape index (κ1) is 68.8. The van der Waals surface area contributed by atoms with Crippen LogP contribution in [0.2, 0.25) is 0 Å². The highest BCUT2D eigenvalue weighted by Gasteiger charge is 2.19. The molecular weight excluding hydrogens is 901 g/mol. The maximum absolute atomic E-state index is 12.8. The van der Waals surface area contributed by atoms with Gasteiger partial charge >= 0.3 is 17.9 Å². The topological polar surface area (TPSA) is 78.9 Å². The fourth-order valence-electron chi connectivity index (χ4n) is 7.92. The summed E-state index contributed by atoms with van der Waals surface area (Å²) in [7, 11) is 0. The van der Waals surface area contributed by atoms with Gasteiger partial charge in [-0.15, -0.1) is 0 Å². The van der Waals surface area contributed by atoms with Gasteiger partial charge in [-0.1, -0.05) is 239 Å². The van der Waals surface area contributed by atoms with Crippen molar-refractivity contribution in [3.63, 3.8) is 0 Å². The van der Waals surface area contributed by atoms with E-state index < -0.39 is 6.10 Å². The standard InChI is InChI=1S/C67H110O6/c1-4-7-10-13-16-19-22-24-26-28-29-30-31-32-33-34-35-36-37-38-39-40-42-43-45-48-51-54-57-60-66(69)72-63-64(62-71-65(68)59-56-53-50-47-21-18-15-12-9-6-3)73-67(70)61-58-55-52-49-46-44-41-27-25-23-20-17-14-11-8-5-2/h7,10,12,15-16,19-20,23-24,26-27,29-30,32-33,35-36,38-39,41,64H,4-6,8-9,11,13-14,17-18,21-22,25,28,31,34,37,40,42-63H2,1-3H3/b10-7-,15-12-,19-16-,23-20-,26-24-,30-29-,33-32-,36-35-,39-38-,41-27-. The SMILES string of the molecule is CC/C=C\C/C=C\C/C=C\C/C=C\C/C=C\C/C=C\C/C=C\CCCCCCCCCC(=O)OCC(COC(=O)CCCCCCC/C=C\CCC)OC(=O)CCCCCCC/C=C\C/C=C\CCCCCC. The Morgan fingerprint density at radius 2 is 0.562 bits per heavy atom. The Balaban J connectivity index is 4.30. The lowest BCUT2D eigenvalue weighted by Crippen LogP contribution is -2.30. The zero-order valence-electron chi connectivity index (χ0n) is 47.4. The average Bonchev–Trinajstić information content (AvgIpc) is 3.39. The quantitative estimate of drug-likeness (QED) is 0.0261. The predicted octanol–water partition coefficient (Wildman–Crippen LogP) is 20.4. The summed E-state index contributed by atoms with van der Waals surface area (Å²) in [5.74, 6) is -0.930. The third-order valence-corrected chi connectivity index (χ3v) is 12.4. The van der Waals surface area contributed by atoms with Gasteiger partial charge in [0.25, 0.3) is 0 Å². The zero-order valence-corrected chi connectivity index (χ0v) is 47.4. The van der Waals surface area contributed by atoms with Gasteiger partial charge in [0.1, 0.15) is 13.2 Å². The Labute approximate surface area is 450 Å². The molecule has 1 atom stereocenters. The molecule has 0 rings (SSSR count). The minimum Gasteiger partial charge on any atom is -0.462 e. The number of esters is 3. The highest BCUT2D eigenvalue weighted by molar-refractivity contribution is 5.71. The smallest absolute Gasteiger partial charge is 0.306 e. The van der Waals surface area contributed by atoms with Gasteiger partial charge in [-0.25, -0.2) is 0 Å². The summed E-state index contributed by atoms with van der Waals surface area (Å²) in [5.41, 5.74) is 0. The molecule has 0 spiro atoms. The first-order valence-electron chi connectivity index (χ1n) is 30.0. The van der Waals surface area contributed by atoms with Gasteiger partial charge in [0.05, 0.1) is 0 Å². The lowest BCUT2D eigenvalue weighted by Gasteiger charge is -2.18. The molecule has 6 heteroatoms. The fourth-order valence-corrected chi connectivity index (χ4v) is 7.92. The molecule has 0 saturated heterocycles. The van der Waals surface area contributed by atoms with Crippen LogP contribution in [0.5, 0.6) is 0 Å². The van der Waals surface area contributed by atoms with Gasteiger partial charge in [0, 0.05) is 19.3 Å². The number of carbonyl (C=O) groups excluding carboxylic acids is 3. The molecule has 0 N–H and O–H groups in total. The van der Waals surface area contributed by atoms with Crippen molar-refractivity contribution in [3.05, 3.63) is 122 Å². The summed E-state index contributed by atoms with van der Waals surface area (Å²) >= 11 is 0. The van der Waals surface area contributed by atoms with Crippen LogP contribution in [-0.2, 0) is 28.6 Å². The number of hydrogen-bond acceptors (Lipinski definition) is 6.